The van der Waals surface area contributed by atoms with Gasteiger partial charge in [0.1, 0.15) is 5.52 Å². The maximum absolute atomic E-state index is 11.6. The number of carboxylic acid groups (broad SMARTS) is 1. The minimum Gasteiger partial charge on any atom is -0.481 e. The molecule has 0 bridgehead atoms. The van der Waals surface area contributed by atoms with Crippen LogP contribution in [0, 0.1) is 13.8 Å². The number of benzene rings is 2. The molecule has 136 valence electrons. The molecular weight excluding hydrogens is 326 g/mol. The first-order chi connectivity index (χ1) is 12.5. The van der Waals surface area contributed by atoms with Crippen LogP contribution in [0.4, 0.5) is 0 Å². The van der Waals surface area contributed by atoms with E-state index in [0.717, 1.165) is 40.7 Å². The fourth-order valence-electron chi connectivity index (χ4n) is 3.66. The van der Waals surface area contributed by atoms with Crippen molar-refractivity contribution in [1.82, 2.24) is 15.0 Å². The normalized spacial score (nSPS) is 12.5. The molecular formula is C21H25N3O2. The van der Waals surface area contributed by atoms with E-state index >= 15 is 0 Å². The summed E-state index contributed by atoms with van der Waals surface area (Å²) >= 11 is 0. The molecule has 0 saturated heterocycles. The lowest BCUT2D eigenvalue weighted by Gasteiger charge is -2.20. The summed E-state index contributed by atoms with van der Waals surface area (Å²) in [6.45, 7) is 9.01. The van der Waals surface area contributed by atoms with Crippen LogP contribution in [0.15, 0.2) is 30.3 Å². The van der Waals surface area contributed by atoms with Gasteiger partial charge in [0.05, 0.1) is 11.9 Å². The second-order valence-corrected chi connectivity index (χ2v) is 6.74. The maximum atomic E-state index is 11.6. The Morgan fingerprint density at radius 2 is 1.96 bits per heavy atom. The van der Waals surface area contributed by atoms with Gasteiger partial charge in [0.25, 0.3) is 0 Å². The highest BCUT2D eigenvalue weighted by molar-refractivity contribution is 5.80. The zero-order valence-electron chi connectivity index (χ0n) is 15.8. The van der Waals surface area contributed by atoms with Crippen LogP contribution >= 0.6 is 0 Å². The summed E-state index contributed by atoms with van der Waals surface area (Å²) in [4.78, 5) is 11.6. The Morgan fingerprint density at radius 3 is 2.62 bits per heavy atom. The number of aliphatic carboxylic acids is 1. The molecule has 5 nitrogen and oxygen atoms in total. The highest BCUT2D eigenvalue weighted by Gasteiger charge is 2.22. The molecule has 0 aliphatic carbocycles. The van der Waals surface area contributed by atoms with E-state index in [-0.39, 0.29) is 12.3 Å². The Hall–Kier alpha value is -2.69. The molecule has 0 amide bonds. The number of aryl methyl sites for hydroxylation is 4. The largest absolute Gasteiger partial charge is 0.481 e. The van der Waals surface area contributed by atoms with Crippen molar-refractivity contribution in [3.8, 4) is 0 Å². The Bertz CT molecular complexity index is 959. The number of hydrogen-bond acceptors (Lipinski definition) is 3. The minimum absolute atomic E-state index is 0.0560. The molecule has 0 fully saturated rings. The summed E-state index contributed by atoms with van der Waals surface area (Å²) < 4.78 is 1.86. The Labute approximate surface area is 153 Å². The average Bonchev–Trinajstić information content (AvgIpc) is 3.05. The fraction of sp³-hybridized carbons (Fsp3) is 0.381. The van der Waals surface area contributed by atoms with Gasteiger partial charge < -0.3 is 5.11 Å². The van der Waals surface area contributed by atoms with Crippen LogP contribution in [0.25, 0.3) is 11.0 Å². The van der Waals surface area contributed by atoms with Crippen LogP contribution in [0.3, 0.4) is 0 Å². The van der Waals surface area contributed by atoms with Gasteiger partial charge >= 0.3 is 5.97 Å². The van der Waals surface area contributed by atoms with E-state index < -0.39 is 5.97 Å². The lowest BCUT2D eigenvalue weighted by Crippen LogP contribution is -2.10. The molecule has 0 radical (unpaired) electrons. The highest BCUT2D eigenvalue weighted by atomic mass is 16.4. The lowest BCUT2D eigenvalue weighted by molar-refractivity contribution is -0.137. The van der Waals surface area contributed by atoms with Gasteiger partial charge in [-0.2, -0.15) is 0 Å². The number of aromatic nitrogens is 3. The van der Waals surface area contributed by atoms with Gasteiger partial charge in [0, 0.05) is 12.5 Å². The zero-order valence-corrected chi connectivity index (χ0v) is 15.8. The molecule has 0 unspecified atom stereocenters. The Kier molecular flexibility index (Phi) is 5.07. The second-order valence-electron chi connectivity index (χ2n) is 6.74. The molecule has 0 aliphatic heterocycles. The lowest BCUT2D eigenvalue weighted by atomic mass is 9.84. The van der Waals surface area contributed by atoms with Gasteiger partial charge in [-0.3, -0.25) is 4.79 Å². The SMILES string of the molecule is CCc1cc([C@@H](CC(=O)O)c2ccc3c(nnn3CC)c2C)ccc1C. The van der Waals surface area contributed by atoms with Crippen LogP contribution < -0.4 is 0 Å². The molecule has 3 aromatic rings. The third-order valence-electron chi connectivity index (χ3n) is 5.19. The van der Waals surface area contributed by atoms with Crippen LogP contribution in [0.1, 0.15) is 54.0 Å². The molecule has 1 heterocycles. The van der Waals surface area contributed by atoms with Gasteiger partial charge in [-0.05, 0) is 61.1 Å². The highest BCUT2D eigenvalue weighted by Crippen LogP contribution is 2.34. The summed E-state index contributed by atoms with van der Waals surface area (Å²) in [5, 5.41) is 18.0. The number of carbonyl (C=O) groups is 1. The second kappa shape index (κ2) is 7.28. The van der Waals surface area contributed by atoms with E-state index in [9.17, 15) is 9.90 Å². The summed E-state index contributed by atoms with van der Waals surface area (Å²) in [6.07, 6.45) is 0.989. The summed E-state index contributed by atoms with van der Waals surface area (Å²) in [5.41, 5.74) is 7.39. The van der Waals surface area contributed by atoms with E-state index in [0.29, 0.717) is 0 Å². The molecule has 26 heavy (non-hydrogen) atoms. The average molecular weight is 351 g/mol. The molecule has 1 atom stereocenters. The number of fused-ring (bicyclic) bond motifs is 1. The number of rotatable bonds is 6. The monoisotopic (exact) mass is 351 g/mol. The van der Waals surface area contributed by atoms with Crippen LogP contribution in [-0.4, -0.2) is 26.1 Å². The van der Waals surface area contributed by atoms with Crippen molar-refractivity contribution in [3.63, 3.8) is 0 Å². The van der Waals surface area contributed by atoms with Gasteiger partial charge in [-0.15, -0.1) is 5.10 Å². The van der Waals surface area contributed by atoms with Crippen molar-refractivity contribution in [1.29, 1.82) is 0 Å². The minimum atomic E-state index is -0.801. The standard InChI is InChI=1S/C21H25N3O2/c1-5-15-11-16(8-7-13(15)3)18(12-20(25)26)17-9-10-19-21(14(17)4)22-23-24(19)6-2/h7-11,18H,5-6,12H2,1-4H3,(H,25,26)/t18-/m1/s1. The van der Waals surface area contributed by atoms with Gasteiger partial charge in [0.2, 0.25) is 0 Å². The first kappa shape index (κ1) is 18.1. The first-order valence-electron chi connectivity index (χ1n) is 9.10. The molecule has 2 aromatic carbocycles. The van der Waals surface area contributed by atoms with Crippen molar-refractivity contribution < 1.29 is 9.90 Å². The van der Waals surface area contributed by atoms with Crippen molar-refractivity contribution in [2.75, 3.05) is 0 Å². The molecule has 5 heteroatoms. The first-order valence-corrected chi connectivity index (χ1v) is 9.10. The molecule has 3 rings (SSSR count). The Balaban J connectivity index is 2.15. The fourth-order valence-corrected chi connectivity index (χ4v) is 3.66. The van der Waals surface area contributed by atoms with E-state index in [1.165, 1.54) is 11.1 Å². The van der Waals surface area contributed by atoms with Crippen molar-refractivity contribution in [2.24, 2.45) is 0 Å². The molecule has 0 spiro atoms. The molecule has 1 N–H and O–H groups in total. The van der Waals surface area contributed by atoms with Gasteiger partial charge in [-0.25, -0.2) is 4.68 Å². The van der Waals surface area contributed by atoms with E-state index in [1.54, 1.807) is 0 Å². The van der Waals surface area contributed by atoms with Crippen molar-refractivity contribution >= 4 is 17.0 Å². The van der Waals surface area contributed by atoms with Crippen LogP contribution in [0.5, 0.6) is 0 Å². The van der Waals surface area contributed by atoms with E-state index in [2.05, 4.69) is 42.4 Å². The van der Waals surface area contributed by atoms with Crippen LogP contribution in [0.2, 0.25) is 0 Å². The Morgan fingerprint density at radius 1 is 1.19 bits per heavy atom. The predicted molar refractivity (Wildman–Crippen MR) is 103 cm³/mol. The van der Waals surface area contributed by atoms with Crippen molar-refractivity contribution in [3.05, 3.63) is 58.1 Å². The van der Waals surface area contributed by atoms with E-state index in [1.807, 2.05) is 30.7 Å². The van der Waals surface area contributed by atoms with Gasteiger partial charge in [0.15, 0.2) is 0 Å². The smallest absolute Gasteiger partial charge is 0.304 e. The number of nitrogens with zero attached hydrogens (tertiary/aromatic N) is 3. The summed E-state index contributed by atoms with van der Waals surface area (Å²) in [6, 6.07) is 10.3. The predicted octanol–water partition coefficient (Wildman–Crippen LogP) is 4.24. The summed E-state index contributed by atoms with van der Waals surface area (Å²) in [5.74, 6) is -1.00. The van der Waals surface area contributed by atoms with E-state index in [4.69, 9.17) is 0 Å². The zero-order chi connectivity index (χ0) is 18.8. The maximum Gasteiger partial charge on any atom is 0.304 e. The number of hydrogen-bond donors (Lipinski definition) is 1. The third kappa shape index (κ3) is 3.21. The summed E-state index contributed by atoms with van der Waals surface area (Å²) in [7, 11) is 0. The molecule has 0 saturated carbocycles. The number of carboxylic acids is 1. The molecule has 0 aliphatic rings. The molecule has 1 aromatic heterocycles. The van der Waals surface area contributed by atoms with Gasteiger partial charge in [-0.1, -0.05) is 36.4 Å². The topological polar surface area (TPSA) is 68.0 Å². The quantitative estimate of drug-likeness (QED) is 0.721. The van der Waals surface area contributed by atoms with Crippen molar-refractivity contribution in [2.45, 2.75) is 53.0 Å². The third-order valence-corrected chi connectivity index (χ3v) is 5.19. The van der Waals surface area contributed by atoms with Crippen LogP contribution in [-0.2, 0) is 17.8 Å².